The van der Waals surface area contributed by atoms with E-state index < -0.39 is 0 Å². The molecular formula is C18H25BrO2. The Hall–Kier alpha value is -0.540. The van der Waals surface area contributed by atoms with Gasteiger partial charge in [0.05, 0.1) is 12.2 Å². The van der Waals surface area contributed by atoms with Crippen LogP contribution in [-0.2, 0) is 10.1 Å². The van der Waals surface area contributed by atoms with Crippen LogP contribution in [-0.4, -0.2) is 18.3 Å². The van der Waals surface area contributed by atoms with Crippen molar-refractivity contribution in [1.82, 2.24) is 0 Å². The van der Waals surface area contributed by atoms with Crippen molar-refractivity contribution in [3.05, 3.63) is 28.8 Å². The first-order valence-electron chi connectivity index (χ1n) is 8.09. The van der Waals surface area contributed by atoms with Gasteiger partial charge in [0.1, 0.15) is 11.9 Å². The van der Waals surface area contributed by atoms with E-state index in [1.807, 2.05) is 0 Å². The van der Waals surface area contributed by atoms with E-state index in [2.05, 4.69) is 41.9 Å². The summed E-state index contributed by atoms with van der Waals surface area (Å²) >= 11 is 3.53. The van der Waals surface area contributed by atoms with Gasteiger partial charge in [-0.15, -0.1) is 0 Å². The Morgan fingerprint density at radius 2 is 1.90 bits per heavy atom. The van der Waals surface area contributed by atoms with Crippen LogP contribution >= 0.6 is 15.9 Å². The Morgan fingerprint density at radius 1 is 1.24 bits per heavy atom. The molecule has 1 saturated carbocycles. The molecule has 1 aliphatic heterocycles. The molecule has 2 aliphatic rings. The van der Waals surface area contributed by atoms with E-state index in [1.165, 1.54) is 42.4 Å². The van der Waals surface area contributed by atoms with Gasteiger partial charge in [-0.3, -0.25) is 0 Å². The molecule has 3 rings (SSSR count). The van der Waals surface area contributed by atoms with Crippen molar-refractivity contribution in [2.24, 2.45) is 0 Å². The van der Waals surface area contributed by atoms with Crippen LogP contribution < -0.4 is 4.74 Å². The second-order valence-electron chi connectivity index (χ2n) is 6.66. The van der Waals surface area contributed by atoms with Gasteiger partial charge in [0.2, 0.25) is 0 Å². The highest BCUT2D eigenvalue weighted by atomic mass is 79.9. The molecule has 2 fully saturated rings. The summed E-state index contributed by atoms with van der Waals surface area (Å²) in [5.74, 6) is 1.08. The molecule has 1 heterocycles. The third kappa shape index (κ3) is 3.29. The Labute approximate surface area is 136 Å². The summed E-state index contributed by atoms with van der Waals surface area (Å²) in [6.07, 6.45) is 7.44. The fourth-order valence-corrected chi connectivity index (χ4v) is 4.24. The number of benzene rings is 1. The largest absolute Gasteiger partial charge is 0.490 e. The smallest absolute Gasteiger partial charge is 0.125 e. The molecule has 1 aromatic carbocycles. The lowest BCUT2D eigenvalue weighted by Crippen LogP contribution is -2.41. The first kappa shape index (κ1) is 15.4. The minimum absolute atomic E-state index is 0.126. The molecule has 3 heteroatoms. The zero-order valence-electron chi connectivity index (χ0n) is 13.1. The Kier molecular flexibility index (Phi) is 4.60. The lowest BCUT2D eigenvalue weighted by molar-refractivity contribution is -0.108. The van der Waals surface area contributed by atoms with Crippen LogP contribution in [0.4, 0.5) is 0 Å². The SMILES string of the molecule is Cc1cc(CBr)cc(C)c1OC1CCOC2(CCCC2)C1. The van der Waals surface area contributed by atoms with E-state index >= 15 is 0 Å². The quantitative estimate of drug-likeness (QED) is 0.707. The number of rotatable bonds is 3. The Bertz CT molecular complexity index is 483. The molecule has 0 N–H and O–H groups in total. The third-order valence-corrected chi connectivity index (χ3v) is 5.57. The fraction of sp³-hybridized carbons (Fsp3) is 0.667. The van der Waals surface area contributed by atoms with Crippen molar-refractivity contribution in [3.63, 3.8) is 0 Å². The van der Waals surface area contributed by atoms with Crippen LogP contribution in [0.5, 0.6) is 5.75 Å². The molecule has 1 unspecified atom stereocenters. The van der Waals surface area contributed by atoms with Crippen molar-refractivity contribution in [2.75, 3.05) is 6.61 Å². The fourth-order valence-electron chi connectivity index (χ4n) is 3.92. The van der Waals surface area contributed by atoms with Crippen molar-refractivity contribution in [3.8, 4) is 5.75 Å². The van der Waals surface area contributed by atoms with E-state index in [4.69, 9.17) is 9.47 Å². The van der Waals surface area contributed by atoms with Crippen molar-refractivity contribution in [2.45, 2.75) is 69.4 Å². The summed E-state index contributed by atoms with van der Waals surface area (Å²) in [7, 11) is 0. The first-order chi connectivity index (χ1) is 10.1. The van der Waals surface area contributed by atoms with Gasteiger partial charge in [-0.05, 0) is 43.4 Å². The predicted molar refractivity (Wildman–Crippen MR) is 89.3 cm³/mol. The minimum Gasteiger partial charge on any atom is -0.490 e. The van der Waals surface area contributed by atoms with Crippen LogP contribution in [0.25, 0.3) is 0 Å². The first-order valence-corrected chi connectivity index (χ1v) is 9.21. The van der Waals surface area contributed by atoms with E-state index in [9.17, 15) is 0 Å². The normalized spacial score (nSPS) is 24.4. The molecule has 2 nitrogen and oxygen atoms in total. The van der Waals surface area contributed by atoms with Crippen molar-refractivity contribution in [1.29, 1.82) is 0 Å². The molecule has 0 bridgehead atoms. The molecule has 1 aliphatic carbocycles. The van der Waals surface area contributed by atoms with Crippen molar-refractivity contribution >= 4 is 15.9 Å². The lowest BCUT2D eigenvalue weighted by Gasteiger charge is -2.38. The molecule has 1 saturated heterocycles. The summed E-state index contributed by atoms with van der Waals surface area (Å²) in [6.45, 7) is 5.15. The van der Waals surface area contributed by atoms with Gasteiger partial charge in [-0.1, -0.05) is 40.9 Å². The number of aryl methyl sites for hydroxylation is 2. The van der Waals surface area contributed by atoms with Crippen molar-refractivity contribution < 1.29 is 9.47 Å². The molecule has 1 atom stereocenters. The van der Waals surface area contributed by atoms with Gasteiger partial charge in [-0.25, -0.2) is 0 Å². The molecule has 0 amide bonds. The maximum absolute atomic E-state index is 6.41. The average molecular weight is 353 g/mol. The number of halogens is 1. The highest BCUT2D eigenvalue weighted by Crippen LogP contribution is 2.41. The number of alkyl halides is 1. The average Bonchev–Trinajstić information content (AvgIpc) is 2.90. The van der Waals surface area contributed by atoms with Gasteiger partial charge in [-0.2, -0.15) is 0 Å². The second kappa shape index (κ2) is 6.29. The van der Waals surface area contributed by atoms with Gasteiger partial charge >= 0.3 is 0 Å². The molecule has 116 valence electrons. The summed E-state index contributed by atoms with van der Waals surface area (Å²) in [5, 5.41) is 0.898. The van der Waals surface area contributed by atoms with Crippen LogP contribution in [0.3, 0.4) is 0 Å². The predicted octanol–water partition coefficient (Wildman–Crippen LogP) is 5.07. The van der Waals surface area contributed by atoms with Crippen LogP contribution in [0, 0.1) is 13.8 Å². The summed E-state index contributed by atoms with van der Waals surface area (Å²) in [5.41, 5.74) is 3.94. The highest BCUT2D eigenvalue weighted by molar-refractivity contribution is 9.08. The van der Waals surface area contributed by atoms with Crippen LogP contribution in [0.15, 0.2) is 12.1 Å². The Morgan fingerprint density at radius 3 is 2.52 bits per heavy atom. The van der Waals surface area contributed by atoms with E-state index in [1.54, 1.807) is 0 Å². The standard InChI is InChI=1S/C18H25BrO2/c1-13-9-15(12-19)10-14(2)17(13)21-16-5-8-20-18(11-16)6-3-4-7-18/h9-10,16H,3-8,11-12H2,1-2H3. The number of hydrogen-bond acceptors (Lipinski definition) is 2. The maximum atomic E-state index is 6.41. The molecule has 1 spiro atoms. The minimum atomic E-state index is 0.126. The molecule has 0 radical (unpaired) electrons. The second-order valence-corrected chi connectivity index (χ2v) is 7.22. The van der Waals surface area contributed by atoms with E-state index in [0.29, 0.717) is 6.10 Å². The summed E-state index contributed by atoms with van der Waals surface area (Å²) in [6, 6.07) is 4.45. The molecular weight excluding hydrogens is 328 g/mol. The highest BCUT2D eigenvalue weighted by Gasteiger charge is 2.40. The lowest BCUT2D eigenvalue weighted by atomic mass is 9.90. The zero-order chi connectivity index (χ0) is 14.9. The number of hydrogen-bond donors (Lipinski definition) is 0. The monoisotopic (exact) mass is 352 g/mol. The summed E-state index contributed by atoms with van der Waals surface area (Å²) in [4.78, 5) is 0. The van der Waals surface area contributed by atoms with Crippen LogP contribution in [0.2, 0.25) is 0 Å². The van der Waals surface area contributed by atoms with Gasteiger partial charge in [0, 0.05) is 18.2 Å². The molecule has 0 aromatic heterocycles. The summed E-state index contributed by atoms with van der Waals surface area (Å²) < 4.78 is 12.5. The molecule has 21 heavy (non-hydrogen) atoms. The Balaban J connectivity index is 1.74. The van der Waals surface area contributed by atoms with E-state index in [-0.39, 0.29) is 5.60 Å². The van der Waals surface area contributed by atoms with Crippen LogP contribution in [0.1, 0.15) is 55.2 Å². The molecule has 1 aromatic rings. The van der Waals surface area contributed by atoms with Gasteiger partial charge < -0.3 is 9.47 Å². The zero-order valence-corrected chi connectivity index (χ0v) is 14.7. The van der Waals surface area contributed by atoms with Gasteiger partial charge in [0.15, 0.2) is 0 Å². The maximum Gasteiger partial charge on any atom is 0.125 e. The third-order valence-electron chi connectivity index (χ3n) is 4.92. The van der Waals surface area contributed by atoms with Gasteiger partial charge in [0.25, 0.3) is 0 Å². The number of ether oxygens (including phenoxy) is 2. The topological polar surface area (TPSA) is 18.5 Å². The van der Waals surface area contributed by atoms with E-state index in [0.717, 1.165) is 30.5 Å².